The molecule has 1 aromatic heterocycles. The summed E-state index contributed by atoms with van der Waals surface area (Å²) >= 11 is 1.47. The maximum atomic E-state index is 12.3. The molecule has 0 atom stereocenters. The van der Waals surface area contributed by atoms with Crippen LogP contribution in [0.3, 0.4) is 0 Å². The molecule has 2 rings (SSSR count). The first kappa shape index (κ1) is 18.7. The van der Waals surface area contributed by atoms with Crippen LogP contribution in [0.15, 0.2) is 17.5 Å². The summed E-state index contributed by atoms with van der Waals surface area (Å²) in [5, 5.41) is 14.0. The molecule has 0 aliphatic carbocycles. The molecule has 0 saturated carbocycles. The number of hydrogen-bond donors (Lipinski definition) is 0. The van der Waals surface area contributed by atoms with Crippen LogP contribution >= 0.6 is 11.3 Å². The molecule has 0 amide bonds. The van der Waals surface area contributed by atoms with E-state index >= 15 is 0 Å². The van der Waals surface area contributed by atoms with Gasteiger partial charge in [0.2, 0.25) is 0 Å². The fourth-order valence-electron chi connectivity index (χ4n) is 2.09. The first-order chi connectivity index (χ1) is 12.0. The van der Waals surface area contributed by atoms with Crippen LogP contribution in [-0.4, -0.2) is 29.6 Å². The lowest BCUT2D eigenvalue weighted by Gasteiger charge is -2.11. The van der Waals surface area contributed by atoms with Crippen LogP contribution in [-0.2, 0) is 17.8 Å². The largest absolute Gasteiger partial charge is 0.493 e. The summed E-state index contributed by atoms with van der Waals surface area (Å²) < 4.78 is 15.6. The maximum absolute atomic E-state index is 12.3. The summed E-state index contributed by atoms with van der Waals surface area (Å²) in [6, 6.07) is 2.42. The van der Waals surface area contributed by atoms with Gasteiger partial charge in [0.15, 0.2) is 11.5 Å². The molecule has 0 aliphatic heterocycles. The van der Waals surface area contributed by atoms with Crippen LogP contribution < -0.4 is 9.47 Å². The van der Waals surface area contributed by atoms with E-state index in [1.807, 2.05) is 6.92 Å². The number of methoxy groups -OCH3 is 1. The molecule has 0 unspecified atom stereocenters. The molecule has 2 aromatic rings. The summed E-state index contributed by atoms with van der Waals surface area (Å²) in [7, 11) is 1.37. The molecular formula is C16H18N2O6S. The third-order valence-electron chi connectivity index (χ3n) is 3.25. The Morgan fingerprint density at radius 2 is 2.08 bits per heavy atom. The average Bonchev–Trinajstić information content (AvgIpc) is 3.07. The predicted octanol–water partition coefficient (Wildman–Crippen LogP) is 3.38. The van der Waals surface area contributed by atoms with Crippen LogP contribution in [0.4, 0.5) is 5.69 Å². The fraction of sp³-hybridized carbons (Fsp3) is 0.375. The van der Waals surface area contributed by atoms with Gasteiger partial charge in [-0.15, -0.1) is 11.3 Å². The van der Waals surface area contributed by atoms with Gasteiger partial charge < -0.3 is 14.2 Å². The first-order valence-electron chi connectivity index (χ1n) is 7.59. The third-order valence-corrected chi connectivity index (χ3v) is 4.29. The molecule has 1 heterocycles. The van der Waals surface area contributed by atoms with Gasteiger partial charge in [0, 0.05) is 11.4 Å². The summed E-state index contributed by atoms with van der Waals surface area (Å²) in [6.07, 6.45) is 0.792. The van der Waals surface area contributed by atoms with Crippen molar-refractivity contribution in [2.24, 2.45) is 0 Å². The van der Waals surface area contributed by atoms with E-state index in [4.69, 9.17) is 14.2 Å². The predicted molar refractivity (Wildman–Crippen MR) is 91.4 cm³/mol. The highest BCUT2D eigenvalue weighted by atomic mass is 32.1. The van der Waals surface area contributed by atoms with Crippen molar-refractivity contribution < 1.29 is 23.9 Å². The van der Waals surface area contributed by atoms with Crippen molar-refractivity contribution >= 4 is 23.0 Å². The monoisotopic (exact) mass is 366 g/mol. The molecule has 0 saturated heterocycles. The normalized spacial score (nSPS) is 10.4. The van der Waals surface area contributed by atoms with Crippen LogP contribution in [0.5, 0.6) is 11.5 Å². The minimum atomic E-state index is -0.818. The Bertz CT molecular complexity index is 774. The lowest BCUT2D eigenvalue weighted by atomic mass is 10.1. The zero-order chi connectivity index (χ0) is 18.4. The Kier molecular flexibility index (Phi) is 6.29. The molecule has 0 bridgehead atoms. The molecule has 9 heteroatoms. The minimum Gasteiger partial charge on any atom is -0.493 e. The number of thiazole rings is 1. The van der Waals surface area contributed by atoms with E-state index in [9.17, 15) is 14.9 Å². The van der Waals surface area contributed by atoms with Crippen LogP contribution in [0.1, 0.15) is 34.9 Å². The number of hydrogen-bond acceptors (Lipinski definition) is 8. The smallest absolute Gasteiger partial charge is 0.345 e. The first-order valence-corrected chi connectivity index (χ1v) is 8.47. The van der Waals surface area contributed by atoms with E-state index in [0.717, 1.165) is 17.5 Å². The van der Waals surface area contributed by atoms with Crippen molar-refractivity contribution in [1.82, 2.24) is 4.98 Å². The third kappa shape index (κ3) is 4.44. The lowest BCUT2D eigenvalue weighted by Crippen LogP contribution is -2.10. The number of nitro benzene ring substituents is 1. The Morgan fingerprint density at radius 3 is 2.64 bits per heavy atom. The number of carbonyl (C=O) groups excluding carboxylic acids is 1. The van der Waals surface area contributed by atoms with Crippen LogP contribution in [0.2, 0.25) is 0 Å². The second-order valence-electron chi connectivity index (χ2n) is 4.87. The van der Waals surface area contributed by atoms with Crippen LogP contribution in [0, 0.1) is 10.1 Å². The standard InChI is InChI=1S/C16H18N2O6S/c1-4-15-17-10(9-25-15)8-24-16(19)11-6-14(23-5-2)13(22-3)7-12(11)18(20)21/h6-7,9H,4-5,8H2,1-3H3. The van der Waals surface area contributed by atoms with E-state index < -0.39 is 16.6 Å². The molecular weight excluding hydrogens is 348 g/mol. The number of nitro groups is 1. The van der Waals surface area contributed by atoms with Gasteiger partial charge in [-0.05, 0) is 13.3 Å². The Labute approximate surface area is 148 Å². The van der Waals surface area contributed by atoms with E-state index in [2.05, 4.69) is 4.98 Å². The van der Waals surface area contributed by atoms with Gasteiger partial charge in [0.25, 0.3) is 5.69 Å². The van der Waals surface area contributed by atoms with Crippen molar-refractivity contribution in [2.45, 2.75) is 26.9 Å². The molecule has 134 valence electrons. The zero-order valence-corrected chi connectivity index (χ0v) is 14.9. The van der Waals surface area contributed by atoms with Gasteiger partial charge in [0.05, 0.1) is 35.4 Å². The number of benzene rings is 1. The van der Waals surface area contributed by atoms with Gasteiger partial charge >= 0.3 is 5.97 Å². The summed E-state index contributed by atoms with van der Waals surface area (Å²) in [5.41, 5.74) is 0.00872. The molecule has 0 spiro atoms. The zero-order valence-electron chi connectivity index (χ0n) is 14.1. The van der Waals surface area contributed by atoms with Gasteiger partial charge in [-0.1, -0.05) is 6.92 Å². The Morgan fingerprint density at radius 1 is 1.32 bits per heavy atom. The molecule has 1 aromatic carbocycles. The Balaban J connectivity index is 2.26. The second-order valence-corrected chi connectivity index (χ2v) is 5.82. The van der Waals surface area contributed by atoms with Gasteiger partial charge in [-0.3, -0.25) is 10.1 Å². The van der Waals surface area contributed by atoms with Crippen molar-refractivity contribution in [3.63, 3.8) is 0 Å². The van der Waals surface area contributed by atoms with Gasteiger partial charge in [0.1, 0.15) is 12.2 Å². The minimum absolute atomic E-state index is 0.0531. The summed E-state index contributed by atoms with van der Waals surface area (Å²) in [5.74, 6) is -0.400. The molecule has 8 nitrogen and oxygen atoms in total. The SMILES string of the molecule is CCOc1cc(C(=O)OCc2csc(CC)n2)c([N+](=O)[O-])cc1OC. The van der Waals surface area contributed by atoms with Gasteiger partial charge in [-0.25, -0.2) is 9.78 Å². The van der Waals surface area contributed by atoms with Crippen molar-refractivity contribution in [1.29, 1.82) is 0 Å². The number of esters is 1. The topological polar surface area (TPSA) is 101 Å². The highest BCUT2D eigenvalue weighted by Crippen LogP contribution is 2.35. The van der Waals surface area contributed by atoms with Crippen molar-refractivity contribution in [3.8, 4) is 11.5 Å². The second kappa shape index (κ2) is 8.43. The summed E-state index contributed by atoms with van der Waals surface area (Å²) in [4.78, 5) is 27.2. The number of carbonyl (C=O) groups is 1. The molecule has 0 radical (unpaired) electrons. The molecule has 0 fully saturated rings. The fourth-order valence-corrected chi connectivity index (χ4v) is 2.82. The van der Waals surface area contributed by atoms with Crippen molar-refractivity contribution in [2.75, 3.05) is 13.7 Å². The quantitative estimate of drug-likeness (QED) is 0.401. The van der Waals surface area contributed by atoms with E-state index in [1.165, 1.54) is 24.5 Å². The van der Waals surface area contributed by atoms with E-state index in [0.29, 0.717) is 12.3 Å². The highest BCUT2D eigenvalue weighted by Gasteiger charge is 2.26. The van der Waals surface area contributed by atoms with Crippen LogP contribution in [0.25, 0.3) is 0 Å². The number of aryl methyl sites for hydroxylation is 1. The number of rotatable bonds is 8. The highest BCUT2D eigenvalue weighted by molar-refractivity contribution is 7.09. The summed E-state index contributed by atoms with van der Waals surface area (Å²) in [6.45, 7) is 4.00. The Hall–Kier alpha value is -2.68. The number of aromatic nitrogens is 1. The average molecular weight is 366 g/mol. The van der Waals surface area contributed by atoms with Gasteiger partial charge in [-0.2, -0.15) is 0 Å². The van der Waals surface area contributed by atoms with E-state index in [-0.39, 0.29) is 23.7 Å². The number of nitrogens with zero attached hydrogens (tertiary/aromatic N) is 2. The van der Waals surface area contributed by atoms with E-state index in [1.54, 1.807) is 12.3 Å². The molecule has 0 N–H and O–H groups in total. The lowest BCUT2D eigenvalue weighted by molar-refractivity contribution is -0.385. The number of ether oxygens (including phenoxy) is 3. The maximum Gasteiger partial charge on any atom is 0.345 e. The molecule has 25 heavy (non-hydrogen) atoms. The van der Waals surface area contributed by atoms with Crippen molar-refractivity contribution in [3.05, 3.63) is 43.9 Å². The molecule has 0 aliphatic rings.